The van der Waals surface area contributed by atoms with E-state index in [4.69, 9.17) is 0 Å². The zero-order chi connectivity index (χ0) is 8.43. The Morgan fingerprint density at radius 3 is 2.55 bits per heavy atom. The van der Waals surface area contributed by atoms with Gasteiger partial charge in [0.25, 0.3) is 0 Å². The minimum atomic E-state index is -0.581. The number of hydrogen-bond acceptors (Lipinski definition) is 1. The number of likely N-dealkylation sites (tertiary alicyclic amines) is 1. The minimum Gasteiger partial charge on any atom is -0.295 e. The van der Waals surface area contributed by atoms with Crippen molar-refractivity contribution in [3.63, 3.8) is 0 Å². The lowest BCUT2D eigenvalue weighted by Crippen LogP contribution is -2.35. The van der Waals surface area contributed by atoms with Gasteiger partial charge < -0.3 is 0 Å². The average Bonchev–Trinajstić information content (AvgIpc) is 2.30. The highest BCUT2D eigenvalue weighted by Gasteiger charge is 2.31. The molecule has 1 nitrogen and oxygen atoms in total. The molecule has 0 aromatic heterocycles. The van der Waals surface area contributed by atoms with Gasteiger partial charge in [-0.05, 0) is 26.7 Å². The number of halogens is 1. The second kappa shape index (κ2) is 3.53. The Morgan fingerprint density at radius 1 is 1.55 bits per heavy atom. The highest BCUT2D eigenvalue weighted by molar-refractivity contribution is 4.86. The van der Waals surface area contributed by atoms with Crippen LogP contribution in [0.15, 0.2) is 0 Å². The van der Waals surface area contributed by atoms with Crippen molar-refractivity contribution in [2.75, 3.05) is 6.54 Å². The van der Waals surface area contributed by atoms with Crippen molar-refractivity contribution < 1.29 is 4.39 Å². The van der Waals surface area contributed by atoms with Crippen LogP contribution in [0.2, 0.25) is 0 Å². The van der Waals surface area contributed by atoms with Gasteiger partial charge in [0.05, 0.1) is 0 Å². The summed E-state index contributed by atoms with van der Waals surface area (Å²) in [5.74, 6) is 0. The first-order chi connectivity index (χ1) is 5.15. The van der Waals surface area contributed by atoms with E-state index in [9.17, 15) is 4.39 Å². The van der Waals surface area contributed by atoms with Crippen LogP contribution >= 0.6 is 0 Å². The van der Waals surface area contributed by atoms with Crippen molar-refractivity contribution >= 4 is 0 Å². The van der Waals surface area contributed by atoms with E-state index in [1.165, 1.54) is 0 Å². The van der Waals surface area contributed by atoms with Crippen LogP contribution in [0.5, 0.6) is 0 Å². The van der Waals surface area contributed by atoms with Crippen molar-refractivity contribution in [1.29, 1.82) is 0 Å². The molecule has 1 heterocycles. The van der Waals surface area contributed by atoms with Crippen molar-refractivity contribution in [2.45, 2.75) is 51.9 Å². The predicted octanol–water partition coefficient (Wildman–Crippen LogP) is 2.22. The molecule has 0 radical (unpaired) electrons. The van der Waals surface area contributed by atoms with Crippen LogP contribution in [-0.4, -0.2) is 29.7 Å². The molecule has 0 amide bonds. The van der Waals surface area contributed by atoms with Crippen LogP contribution < -0.4 is 0 Å². The van der Waals surface area contributed by atoms with E-state index in [1.807, 2.05) is 0 Å². The molecule has 2 atom stereocenters. The fourth-order valence-electron chi connectivity index (χ4n) is 1.92. The lowest BCUT2D eigenvalue weighted by molar-refractivity contribution is 0.192. The highest BCUT2D eigenvalue weighted by Crippen LogP contribution is 2.24. The van der Waals surface area contributed by atoms with E-state index in [-0.39, 0.29) is 0 Å². The van der Waals surface area contributed by atoms with Crippen LogP contribution in [0.1, 0.15) is 33.6 Å². The maximum absolute atomic E-state index is 12.9. The second-order valence-electron chi connectivity index (χ2n) is 3.69. The molecule has 1 aliphatic heterocycles. The topological polar surface area (TPSA) is 3.24 Å². The number of hydrogen-bond donors (Lipinski definition) is 0. The van der Waals surface area contributed by atoms with Crippen molar-refractivity contribution in [3.05, 3.63) is 0 Å². The van der Waals surface area contributed by atoms with E-state index in [0.717, 1.165) is 12.8 Å². The zero-order valence-electron chi connectivity index (χ0n) is 7.68. The standard InChI is InChI=1S/C9H18FN/c1-4-9-5-8(10)6-11(9)7(2)3/h7-9H,4-6H2,1-3H3. The molecule has 1 aliphatic rings. The summed E-state index contributed by atoms with van der Waals surface area (Å²) in [5.41, 5.74) is 0. The monoisotopic (exact) mass is 159 g/mol. The Bertz CT molecular complexity index is 125. The molecule has 1 rings (SSSR count). The summed E-state index contributed by atoms with van der Waals surface area (Å²) < 4.78 is 12.9. The molecule has 0 aliphatic carbocycles. The summed E-state index contributed by atoms with van der Waals surface area (Å²) in [5, 5.41) is 0. The summed E-state index contributed by atoms with van der Waals surface area (Å²) in [7, 11) is 0. The summed E-state index contributed by atoms with van der Waals surface area (Å²) in [6.45, 7) is 7.07. The Balaban J connectivity index is 2.50. The first kappa shape index (κ1) is 8.98. The molecule has 0 N–H and O–H groups in total. The van der Waals surface area contributed by atoms with Crippen molar-refractivity contribution in [1.82, 2.24) is 4.90 Å². The Labute approximate surface area is 68.6 Å². The summed E-state index contributed by atoms with van der Waals surface area (Å²) in [6, 6.07) is 0.991. The SMILES string of the molecule is CCC1CC(F)CN1C(C)C. The number of alkyl halides is 1. The van der Waals surface area contributed by atoms with E-state index in [0.29, 0.717) is 18.6 Å². The average molecular weight is 159 g/mol. The summed E-state index contributed by atoms with van der Waals surface area (Å²) in [4.78, 5) is 2.27. The molecule has 0 bridgehead atoms. The fraction of sp³-hybridized carbons (Fsp3) is 1.00. The normalized spacial score (nSPS) is 33.5. The first-order valence-corrected chi connectivity index (χ1v) is 4.55. The van der Waals surface area contributed by atoms with Gasteiger partial charge in [-0.3, -0.25) is 4.90 Å². The Kier molecular flexibility index (Phi) is 2.88. The molecule has 11 heavy (non-hydrogen) atoms. The molecule has 2 unspecified atom stereocenters. The van der Waals surface area contributed by atoms with Gasteiger partial charge in [-0.1, -0.05) is 6.92 Å². The second-order valence-corrected chi connectivity index (χ2v) is 3.69. The molecular weight excluding hydrogens is 141 g/mol. The highest BCUT2D eigenvalue weighted by atomic mass is 19.1. The maximum Gasteiger partial charge on any atom is 0.114 e. The van der Waals surface area contributed by atoms with Gasteiger partial charge in [0.15, 0.2) is 0 Å². The van der Waals surface area contributed by atoms with Gasteiger partial charge in [0.2, 0.25) is 0 Å². The third-order valence-electron chi connectivity index (χ3n) is 2.54. The molecule has 0 aromatic rings. The van der Waals surface area contributed by atoms with Crippen LogP contribution in [0, 0.1) is 0 Å². The summed E-state index contributed by atoms with van der Waals surface area (Å²) in [6.07, 6.45) is 1.25. The zero-order valence-corrected chi connectivity index (χ0v) is 7.68. The van der Waals surface area contributed by atoms with Gasteiger partial charge in [-0.15, -0.1) is 0 Å². The van der Waals surface area contributed by atoms with Gasteiger partial charge >= 0.3 is 0 Å². The van der Waals surface area contributed by atoms with Gasteiger partial charge in [0.1, 0.15) is 6.17 Å². The molecule has 1 saturated heterocycles. The minimum absolute atomic E-state index is 0.491. The van der Waals surface area contributed by atoms with Crippen LogP contribution in [0.25, 0.3) is 0 Å². The number of rotatable bonds is 2. The molecule has 0 aromatic carbocycles. The molecule has 66 valence electrons. The smallest absolute Gasteiger partial charge is 0.114 e. The lowest BCUT2D eigenvalue weighted by Gasteiger charge is -2.26. The van der Waals surface area contributed by atoms with Gasteiger partial charge in [-0.2, -0.15) is 0 Å². The molecule has 1 fully saturated rings. The molecule has 0 spiro atoms. The lowest BCUT2D eigenvalue weighted by atomic mass is 10.1. The fourth-order valence-corrected chi connectivity index (χ4v) is 1.92. The first-order valence-electron chi connectivity index (χ1n) is 4.55. The Hall–Kier alpha value is -0.110. The van der Waals surface area contributed by atoms with E-state index < -0.39 is 6.17 Å². The quantitative estimate of drug-likeness (QED) is 0.597. The summed E-state index contributed by atoms with van der Waals surface area (Å²) >= 11 is 0. The van der Waals surface area contributed by atoms with Crippen molar-refractivity contribution in [2.24, 2.45) is 0 Å². The maximum atomic E-state index is 12.9. The van der Waals surface area contributed by atoms with Crippen LogP contribution in [-0.2, 0) is 0 Å². The van der Waals surface area contributed by atoms with E-state index in [1.54, 1.807) is 0 Å². The van der Waals surface area contributed by atoms with Crippen molar-refractivity contribution in [3.8, 4) is 0 Å². The largest absolute Gasteiger partial charge is 0.295 e. The Morgan fingerprint density at radius 2 is 2.18 bits per heavy atom. The van der Waals surface area contributed by atoms with Gasteiger partial charge in [-0.25, -0.2) is 4.39 Å². The molecule has 0 saturated carbocycles. The van der Waals surface area contributed by atoms with E-state index >= 15 is 0 Å². The third-order valence-corrected chi connectivity index (χ3v) is 2.54. The molecular formula is C9H18FN. The van der Waals surface area contributed by atoms with E-state index in [2.05, 4.69) is 25.7 Å². The number of nitrogens with zero attached hydrogens (tertiary/aromatic N) is 1. The van der Waals surface area contributed by atoms with Crippen LogP contribution in [0.4, 0.5) is 4.39 Å². The van der Waals surface area contributed by atoms with Gasteiger partial charge in [0, 0.05) is 18.6 Å². The predicted molar refractivity (Wildman–Crippen MR) is 45.4 cm³/mol. The molecule has 2 heteroatoms. The van der Waals surface area contributed by atoms with Crippen LogP contribution in [0.3, 0.4) is 0 Å². The third kappa shape index (κ3) is 1.92.